The van der Waals surface area contributed by atoms with Crippen LogP contribution in [0.15, 0.2) is 42.5 Å². The van der Waals surface area contributed by atoms with E-state index in [4.69, 9.17) is 21.4 Å². The lowest BCUT2D eigenvalue weighted by Crippen LogP contribution is -2.14. The summed E-state index contributed by atoms with van der Waals surface area (Å²) in [5.41, 5.74) is 2.77. The van der Waals surface area contributed by atoms with Crippen LogP contribution in [-0.4, -0.2) is 35.1 Å². The molecule has 6 heteroatoms. The molecule has 0 radical (unpaired) electrons. The lowest BCUT2D eigenvalue weighted by Gasteiger charge is -2.08. The summed E-state index contributed by atoms with van der Waals surface area (Å²) in [4.78, 5) is 25.5. The minimum atomic E-state index is -0.182. The topological polar surface area (TPSA) is 68.5 Å². The van der Waals surface area contributed by atoms with Crippen LogP contribution in [-0.2, 0) is 11.2 Å². The van der Waals surface area contributed by atoms with Crippen LogP contribution in [0.2, 0.25) is 5.02 Å². The zero-order chi connectivity index (χ0) is 20.3. The van der Waals surface area contributed by atoms with Crippen molar-refractivity contribution < 1.29 is 19.4 Å². The fourth-order valence-corrected chi connectivity index (χ4v) is 3.48. The first kappa shape index (κ1) is 20.1. The molecule has 3 rings (SSSR count). The number of ketones is 1. The molecule has 1 N–H and O–H groups in total. The maximum Gasteiger partial charge on any atom is 0.262 e. The number of aromatic nitrogens is 1. The summed E-state index contributed by atoms with van der Waals surface area (Å²) in [5.74, 6) is 0.504. The lowest BCUT2D eigenvalue weighted by atomic mass is 10.0. The van der Waals surface area contributed by atoms with Gasteiger partial charge in [0.05, 0.1) is 12.6 Å². The molecule has 0 bridgehead atoms. The molecule has 146 valence electrons. The number of carbonyl (C=O) groups is 2. The van der Waals surface area contributed by atoms with Gasteiger partial charge in [0.15, 0.2) is 0 Å². The second kappa shape index (κ2) is 8.59. The number of benzene rings is 2. The smallest absolute Gasteiger partial charge is 0.262 e. The van der Waals surface area contributed by atoms with Gasteiger partial charge in [-0.15, -0.1) is 0 Å². The Morgan fingerprint density at radius 3 is 2.50 bits per heavy atom. The first-order valence-corrected chi connectivity index (χ1v) is 9.44. The number of aliphatic hydroxyl groups excluding tert-OH is 1. The van der Waals surface area contributed by atoms with Crippen LogP contribution in [0.5, 0.6) is 5.75 Å². The maximum absolute atomic E-state index is 13.2. The summed E-state index contributed by atoms with van der Waals surface area (Å²) in [6.07, 6.45) is 0.942. The van der Waals surface area contributed by atoms with Crippen molar-refractivity contribution in [1.82, 2.24) is 4.57 Å². The number of ether oxygens (including phenoxy) is 1. The van der Waals surface area contributed by atoms with Gasteiger partial charge in [0, 0.05) is 41.1 Å². The average molecular weight is 400 g/mol. The number of carbonyl (C=O) groups excluding carboxylic acids is 2. The minimum Gasteiger partial charge on any atom is -0.497 e. The molecule has 0 fully saturated rings. The summed E-state index contributed by atoms with van der Waals surface area (Å²) in [6, 6.07) is 12.2. The molecule has 0 aliphatic rings. The SMILES string of the molecule is COc1ccc2c(c1)c(CC(=O)CCCO)c(C)n2C(=O)c1ccc(Cl)cc1. The van der Waals surface area contributed by atoms with E-state index < -0.39 is 0 Å². The second-order valence-electron chi connectivity index (χ2n) is 6.64. The van der Waals surface area contributed by atoms with E-state index in [2.05, 4.69) is 0 Å². The highest BCUT2D eigenvalue weighted by Crippen LogP contribution is 2.31. The molecule has 0 amide bonds. The Kier molecular flexibility index (Phi) is 6.17. The molecule has 0 unspecified atom stereocenters. The molecular formula is C22H22ClNO4. The summed E-state index contributed by atoms with van der Waals surface area (Å²) in [7, 11) is 1.58. The second-order valence-corrected chi connectivity index (χ2v) is 7.07. The van der Waals surface area contributed by atoms with Gasteiger partial charge < -0.3 is 9.84 Å². The van der Waals surface area contributed by atoms with Crippen LogP contribution in [0, 0.1) is 6.92 Å². The molecule has 0 saturated heterocycles. The third-order valence-electron chi connectivity index (χ3n) is 4.82. The minimum absolute atomic E-state index is 0.0185. The van der Waals surface area contributed by atoms with Gasteiger partial charge in [-0.25, -0.2) is 0 Å². The van der Waals surface area contributed by atoms with E-state index >= 15 is 0 Å². The molecular weight excluding hydrogens is 378 g/mol. The van der Waals surface area contributed by atoms with Gasteiger partial charge in [-0.3, -0.25) is 14.2 Å². The number of hydrogen-bond acceptors (Lipinski definition) is 4. The number of methoxy groups -OCH3 is 1. The normalized spacial score (nSPS) is 11.0. The van der Waals surface area contributed by atoms with Crippen molar-refractivity contribution in [3.8, 4) is 5.75 Å². The Morgan fingerprint density at radius 2 is 1.86 bits per heavy atom. The Hall–Kier alpha value is -2.63. The highest BCUT2D eigenvalue weighted by atomic mass is 35.5. The Balaban J connectivity index is 2.12. The molecule has 28 heavy (non-hydrogen) atoms. The standard InChI is InChI=1S/C22H22ClNO4/c1-14-19(12-17(26)4-3-11-25)20-13-18(28-2)9-10-21(20)24(14)22(27)15-5-7-16(23)8-6-15/h5-10,13,25H,3-4,11-12H2,1-2H3. The Labute approximate surface area is 168 Å². The summed E-state index contributed by atoms with van der Waals surface area (Å²) < 4.78 is 6.96. The van der Waals surface area contributed by atoms with E-state index in [0.29, 0.717) is 29.2 Å². The van der Waals surface area contributed by atoms with E-state index in [0.717, 1.165) is 22.2 Å². The van der Waals surface area contributed by atoms with Crippen molar-refractivity contribution in [2.24, 2.45) is 0 Å². The molecule has 1 heterocycles. The van der Waals surface area contributed by atoms with Crippen molar-refractivity contribution in [3.05, 3.63) is 64.3 Å². The van der Waals surface area contributed by atoms with Gasteiger partial charge in [-0.2, -0.15) is 0 Å². The van der Waals surface area contributed by atoms with E-state index in [9.17, 15) is 9.59 Å². The summed E-state index contributed by atoms with van der Waals surface area (Å²) in [5, 5.41) is 10.3. The van der Waals surface area contributed by atoms with Crippen molar-refractivity contribution >= 4 is 34.2 Å². The molecule has 0 aliphatic heterocycles. The number of halogens is 1. The number of hydrogen-bond donors (Lipinski definition) is 1. The number of fused-ring (bicyclic) bond motifs is 1. The molecule has 5 nitrogen and oxygen atoms in total. The summed E-state index contributed by atoms with van der Waals surface area (Å²) >= 11 is 5.94. The third-order valence-corrected chi connectivity index (χ3v) is 5.08. The first-order chi connectivity index (χ1) is 13.5. The maximum atomic E-state index is 13.2. The Bertz CT molecular complexity index is 1020. The van der Waals surface area contributed by atoms with Gasteiger partial charge in [0.2, 0.25) is 0 Å². The molecule has 0 aliphatic carbocycles. The van der Waals surface area contributed by atoms with Gasteiger partial charge in [0.25, 0.3) is 5.91 Å². The third kappa shape index (κ3) is 3.96. The molecule has 0 spiro atoms. The van der Waals surface area contributed by atoms with Crippen LogP contribution in [0.3, 0.4) is 0 Å². The van der Waals surface area contributed by atoms with Crippen LogP contribution in [0.4, 0.5) is 0 Å². The number of Topliss-reactive ketones (excluding diaryl/α,β-unsaturated/α-hetero) is 1. The first-order valence-electron chi connectivity index (χ1n) is 9.07. The van der Waals surface area contributed by atoms with Gasteiger partial charge in [-0.1, -0.05) is 11.6 Å². The zero-order valence-electron chi connectivity index (χ0n) is 15.9. The van der Waals surface area contributed by atoms with Crippen LogP contribution in [0.1, 0.15) is 34.5 Å². The van der Waals surface area contributed by atoms with Crippen molar-refractivity contribution in [2.45, 2.75) is 26.2 Å². The molecule has 0 saturated carbocycles. The molecule has 0 atom stereocenters. The lowest BCUT2D eigenvalue weighted by molar-refractivity contribution is -0.118. The fraction of sp³-hybridized carbons (Fsp3) is 0.273. The van der Waals surface area contributed by atoms with Crippen LogP contribution in [0.25, 0.3) is 10.9 Å². The highest BCUT2D eigenvalue weighted by molar-refractivity contribution is 6.30. The number of rotatable bonds is 7. The average Bonchev–Trinajstić information content (AvgIpc) is 2.97. The van der Waals surface area contributed by atoms with Crippen molar-refractivity contribution in [2.75, 3.05) is 13.7 Å². The quantitative estimate of drug-likeness (QED) is 0.647. The van der Waals surface area contributed by atoms with E-state index in [1.165, 1.54) is 0 Å². The largest absolute Gasteiger partial charge is 0.497 e. The number of aliphatic hydroxyl groups is 1. The van der Waals surface area contributed by atoms with Gasteiger partial charge in [-0.05, 0) is 61.4 Å². The van der Waals surface area contributed by atoms with E-state index in [-0.39, 0.29) is 24.7 Å². The zero-order valence-corrected chi connectivity index (χ0v) is 16.6. The summed E-state index contributed by atoms with van der Waals surface area (Å²) in [6.45, 7) is 1.82. The highest BCUT2D eigenvalue weighted by Gasteiger charge is 2.21. The monoisotopic (exact) mass is 399 g/mol. The fourth-order valence-electron chi connectivity index (χ4n) is 3.36. The Morgan fingerprint density at radius 1 is 1.14 bits per heavy atom. The van der Waals surface area contributed by atoms with E-state index in [1.807, 2.05) is 19.1 Å². The van der Waals surface area contributed by atoms with Gasteiger partial charge >= 0.3 is 0 Å². The number of nitrogens with zero attached hydrogens (tertiary/aromatic N) is 1. The van der Waals surface area contributed by atoms with Gasteiger partial charge in [0.1, 0.15) is 11.5 Å². The van der Waals surface area contributed by atoms with E-state index in [1.54, 1.807) is 42.0 Å². The molecule has 1 aromatic heterocycles. The molecule has 3 aromatic rings. The molecule has 2 aromatic carbocycles. The van der Waals surface area contributed by atoms with Crippen LogP contribution >= 0.6 is 11.6 Å². The predicted octanol–water partition coefficient (Wildman–Crippen LogP) is 4.18. The van der Waals surface area contributed by atoms with Crippen molar-refractivity contribution in [1.29, 1.82) is 0 Å². The van der Waals surface area contributed by atoms with Crippen molar-refractivity contribution in [3.63, 3.8) is 0 Å². The van der Waals surface area contributed by atoms with Crippen LogP contribution < -0.4 is 4.74 Å². The predicted molar refractivity (Wildman–Crippen MR) is 109 cm³/mol.